The Morgan fingerprint density at radius 3 is 2.16 bits per heavy atom. The van der Waals surface area contributed by atoms with Gasteiger partial charge in [-0.25, -0.2) is 0 Å². The van der Waals surface area contributed by atoms with E-state index in [1.165, 1.54) is 0 Å². The van der Waals surface area contributed by atoms with E-state index < -0.39 is 12.1 Å². The maximum Gasteiger partial charge on any atom is 0.391 e. The molecule has 1 unspecified atom stereocenters. The van der Waals surface area contributed by atoms with Crippen molar-refractivity contribution in [1.82, 2.24) is 5.32 Å². The Morgan fingerprint density at radius 2 is 1.79 bits per heavy atom. The first-order valence-electron chi connectivity index (χ1n) is 6.73. The van der Waals surface area contributed by atoms with Crippen LogP contribution in [0.2, 0.25) is 0 Å². The van der Waals surface area contributed by atoms with Crippen LogP contribution in [0.3, 0.4) is 0 Å². The molecular weight excluding hydrogens is 259 g/mol. The molecule has 0 saturated heterocycles. The van der Waals surface area contributed by atoms with E-state index in [0.717, 1.165) is 0 Å². The second kappa shape index (κ2) is 6.59. The average Bonchev–Trinajstić information content (AvgIpc) is 2.34. The molecule has 1 amide bonds. The summed E-state index contributed by atoms with van der Waals surface area (Å²) < 4.78 is 37.5. The lowest BCUT2D eigenvalue weighted by Crippen LogP contribution is -2.45. The Morgan fingerprint density at radius 1 is 1.26 bits per heavy atom. The molecule has 1 atom stereocenters. The molecule has 0 aromatic carbocycles. The van der Waals surface area contributed by atoms with Gasteiger partial charge in [-0.3, -0.25) is 4.79 Å². The highest BCUT2D eigenvalue weighted by Gasteiger charge is 2.42. The highest BCUT2D eigenvalue weighted by Crippen LogP contribution is 2.39. The molecule has 3 nitrogen and oxygen atoms in total. The second-order valence-corrected chi connectivity index (χ2v) is 5.63. The lowest BCUT2D eigenvalue weighted by Gasteiger charge is -2.30. The van der Waals surface area contributed by atoms with Gasteiger partial charge in [-0.1, -0.05) is 13.8 Å². The fraction of sp³-hybridized carbons (Fsp3) is 0.923. The molecule has 0 aliphatic heterocycles. The maximum atomic E-state index is 12.5. The van der Waals surface area contributed by atoms with E-state index in [-0.39, 0.29) is 56.1 Å². The summed E-state index contributed by atoms with van der Waals surface area (Å²) >= 11 is 0. The fourth-order valence-corrected chi connectivity index (χ4v) is 2.41. The zero-order chi connectivity index (χ0) is 14.6. The van der Waals surface area contributed by atoms with Crippen LogP contribution in [0.4, 0.5) is 13.2 Å². The van der Waals surface area contributed by atoms with Gasteiger partial charge in [0.05, 0.1) is 18.6 Å². The minimum absolute atomic E-state index is 0.0209. The van der Waals surface area contributed by atoms with Gasteiger partial charge in [-0.2, -0.15) is 13.2 Å². The summed E-state index contributed by atoms with van der Waals surface area (Å²) in [5.74, 6) is -1.75. The third-order valence-electron chi connectivity index (χ3n) is 3.89. The molecule has 112 valence electrons. The van der Waals surface area contributed by atoms with E-state index in [0.29, 0.717) is 0 Å². The van der Waals surface area contributed by atoms with Crippen molar-refractivity contribution in [3.63, 3.8) is 0 Å². The lowest BCUT2D eigenvalue weighted by molar-refractivity contribution is -0.184. The number of nitrogens with one attached hydrogen (secondary N) is 1. The first-order valence-corrected chi connectivity index (χ1v) is 6.73. The summed E-state index contributed by atoms with van der Waals surface area (Å²) in [5, 5.41) is 11.8. The zero-order valence-electron chi connectivity index (χ0n) is 11.3. The van der Waals surface area contributed by atoms with Gasteiger partial charge < -0.3 is 10.4 Å². The fourth-order valence-electron chi connectivity index (χ4n) is 2.41. The van der Waals surface area contributed by atoms with Crippen LogP contribution < -0.4 is 5.32 Å². The zero-order valence-corrected chi connectivity index (χ0v) is 11.3. The van der Waals surface area contributed by atoms with Crippen LogP contribution in [0.15, 0.2) is 0 Å². The van der Waals surface area contributed by atoms with Gasteiger partial charge in [0.1, 0.15) is 0 Å². The summed E-state index contributed by atoms with van der Waals surface area (Å²) in [6.45, 7) is 3.60. The molecule has 19 heavy (non-hydrogen) atoms. The standard InChI is InChI=1S/C13H22F3NO2/c1-8(2)11(7-18)17-12(19)9-3-5-10(6-4-9)13(14,15)16/h8-11,18H,3-7H2,1-2H3,(H,17,19). The molecule has 0 bridgehead atoms. The average molecular weight is 281 g/mol. The van der Waals surface area contributed by atoms with Gasteiger partial charge in [0.2, 0.25) is 5.91 Å². The van der Waals surface area contributed by atoms with Crippen LogP contribution in [0.25, 0.3) is 0 Å². The van der Waals surface area contributed by atoms with E-state index >= 15 is 0 Å². The number of hydrogen-bond acceptors (Lipinski definition) is 2. The van der Waals surface area contributed by atoms with Crippen molar-refractivity contribution in [2.45, 2.75) is 51.7 Å². The van der Waals surface area contributed by atoms with Crippen molar-refractivity contribution in [2.24, 2.45) is 17.8 Å². The van der Waals surface area contributed by atoms with Crippen molar-refractivity contribution >= 4 is 5.91 Å². The van der Waals surface area contributed by atoms with Crippen molar-refractivity contribution < 1.29 is 23.1 Å². The number of alkyl halides is 3. The van der Waals surface area contributed by atoms with Crippen LogP contribution in [0.1, 0.15) is 39.5 Å². The maximum absolute atomic E-state index is 12.5. The predicted octanol–water partition coefficient (Wildman–Crippen LogP) is 2.49. The molecule has 0 radical (unpaired) electrons. The number of aliphatic hydroxyl groups excluding tert-OH is 1. The third kappa shape index (κ3) is 4.67. The number of hydrogen-bond donors (Lipinski definition) is 2. The Balaban J connectivity index is 2.45. The van der Waals surface area contributed by atoms with Gasteiger partial charge in [0.15, 0.2) is 0 Å². The van der Waals surface area contributed by atoms with E-state index in [2.05, 4.69) is 5.32 Å². The molecule has 0 aromatic rings. The van der Waals surface area contributed by atoms with Crippen molar-refractivity contribution in [3.05, 3.63) is 0 Å². The number of aliphatic hydroxyl groups is 1. The molecule has 0 heterocycles. The van der Waals surface area contributed by atoms with E-state index in [1.54, 1.807) is 0 Å². The van der Waals surface area contributed by atoms with Crippen LogP contribution in [-0.2, 0) is 4.79 Å². The summed E-state index contributed by atoms with van der Waals surface area (Å²) in [4.78, 5) is 11.9. The summed E-state index contributed by atoms with van der Waals surface area (Å²) in [6, 6.07) is -0.326. The van der Waals surface area contributed by atoms with Crippen LogP contribution in [0.5, 0.6) is 0 Å². The Bertz CT molecular complexity index is 297. The highest BCUT2D eigenvalue weighted by atomic mass is 19.4. The van der Waals surface area contributed by atoms with Crippen molar-refractivity contribution in [2.75, 3.05) is 6.61 Å². The summed E-state index contributed by atoms with van der Waals surface area (Å²) in [5.41, 5.74) is 0. The molecule has 2 N–H and O–H groups in total. The van der Waals surface area contributed by atoms with Gasteiger partial charge >= 0.3 is 6.18 Å². The van der Waals surface area contributed by atoms with Gasteiger partial charge in [-0.15, -0.1) is 0 Å². The van der Waals surface area contributed by atoms with Crippen LogP contribution in [-0.4, -0.2) is 29.8 Å². The predicted molar refractivity (Wildman–Crippen MR) is 65.4 cm³/mol. The summed E-state index contributed by atoms with van der Waals surface area (Å²) in [7, 11) is 0. The van der Waals surface area contributed by atoms with Crippen LogP contribution >= 0.6 is 0 Å². The molecule has 0 aromatic heterocycles. The van der Waals surface area contributed by atoms with Gasteiger partial charge in [-0.05, 0) is 31.6 Å². The number of amides is 1. The van der Waals surface area contributed by atoms with Gasteiger partial charge in [0.25, 0.3) is 0 Å². The smallest absolute Gasteiger partial charge is 0.391 e. The first kappa shape index (κ1) is 16.3. The Hall–Kier alpha value is -0.780. The molecule has 1 rings (SSSR count). The van der Waals surface area contributed by atoms with E-state index in [9.17, 15) is 18.0 Å². The molecular formula is C13H22F3NO2. The molecule has 0 spiro atoms. The number of rotatable bonds is 4. The van der Waals surface area contributed by atoms with Crippen molar-refractivity contribution in [3.8, 4) is 0 Å². The van der Waals surface area contributed by atoms with Gasteiger partial charge in [0, 0.05) is 5.92 Å². The molecule has 1 saturated carbocycles. The monoisotopic (exact) mass is 281 g/mol. The lowest BCUT2D eigenvalue weighted by atomic mass is 9.81. The molecule has 1 aliphatic rings. The minimum atomic E-state index is -4.15. The number of carbonyl (C=O) groups excluding carboxylic acids is 1. The quantitative estimate of drug-likeness (QED) is 0.831. The first-order chi connectivity index (χ1) is 8.75. The SMILES string of the molecule is CC(C)C(CO)NC(=O)C1CCC(C(F)(F)F)CC1. The second-order valence-electron chi connectivity index (χ2n) is 5.63. The topological polar surface area (TPSA) is 49.3 Å². The minimum Gasteiger partial charge on any atom is -0.394 e. The van der Waals surface area contributed by atoms with Crippen molar-refractivity contribution in [1.29, 1.82) is 0 Å². The number of carbonyl (C=O) groups is 1. The Labute approximate surface area is 111 Å². The number of halogens is 3. The molecule has 1 fully saturated rings. The Kier molecular flexibility index (Phi) is 5.64. The van der Waals surface area contributed by atoms with Crippen LogP contribution in [0, 0.1) is 17.8 Å². The van der Waals surface area contributed by atoms with E-state index in [1.807, 2.05) is 13.8 Å². The normalized spacial score (nSPS) is 26.3. The largest absolute Gasteiger partial charge is 0.394 e. The molecule has 1 aliphatic carbocycles. The van der Waals surface area contributed by atoms with E-state index in [4.69, 9.17) is 5.11 Å². The third-order valence-corrected chi connectivity index (χ3v) is 3.89. The molecule has 6 heteroatoms. The summed E-state index contributed by atoms with van der Waals surface area (Å²) in [6.07, 6.45) is -3.56. The highest BCUT2D eigenvalue weighted by molar-refractivity contribution is 5.79.